The van der Waals surface area contributed by atoms with Crippen LogP contribution in [0.3, 0.4) is 0 Å². The molecule has 0 saturated carbocycles. The minimum atomic E-state index is -0.221. The number of hydrogen-bond donors (Lipinski definition) is 1. The Kier molecular flexibility index (Phi) is 3.06. The molecular weight excluding hydrogens is 245 g/mol. The van der Waals surface area contributed by atoms with Crippen LogP contribution < -0.4 is 5.32 Å². The predicted octanol–water partition coefficient (Wildman–Crippen LogP) is 2.65. The van der Waals surface area contributed by atoms with Gasteiger partial charge in [-0.25, -0.2) is 4.39 Å². The average Bonchev–Trinajstić information content (AvgIpc) is 3.01. The molecule has 2 aromatic rings. The van der Waals surface area contributed by atoms with Crippen LogP contribution in [0.15, 0.2) is 22.7 Å². The number of aryl methyl sites for hydroxylation is 1. The van der Waals surface area contributed by atoms with Gasteiger partial charge in [-0.05, 0) is 50.6 Å². The molecule has 1 N–H and O–H groups in total. The van der Waals surface area contributed by atoms with Crippen LogP contribution in [0.4, 0.5) is 4.39 Å². The molecule has 0 amide bonds. The summed E-state index contributed by atoms with van der Waals surface area (Å²) in [4.78, 5) is 4.44. The molecule has 5 heteroatoms. The molecular formula is C14H16FN3O. The van der Waals surface area contributed by atoms with Gasteiger partial charge in [0.05, 0.1) is 5.92 Å². The summed E-state index contributed by atoms with van der Waals surface area (Å²) in [5.41, 5.74) is 1.37. The van der Waals surface area contributed by atoms with Gasteiger partial charge < -0.3 is 9.84 Å². The first-order valence-electron chi connectivity index (χ1n) is 6.48. The van der Waals surface area contributed by atoms with Crippen molar-refractivity contribution in [1.82, 2.24) is 15.5 Å². The smallest absolute Gasteiger partial charge is 0.231 e. The van der Waals surface area contributed by atoms with Crippen molar-refractivity contribution in [2.75, 3.05) is 6.54 Å². The van der Waals surface area contributed by atoms with Gasteiger partial charge in [0, 0.05) is 11.6 Å². The van der Waals surface area contributed by atoms with Gasteiger partial charge in [0.1, 0.15) is 5.82 Å². The van der Waals surface area contributed by atoms with Crippen molar-refractivity contribution in [2.24, 2.45) is 0 Å². The van der Waals surface area contributed by atoms with E-state index in [2.05, 4.69) is 22.4 Å². The maximum Gasteiger partial charge on any atom is 0.231 e. The van der Waals surface area contributed by atoms with Gasteiger partial charge in [0.2, 0.25) is 11.7 Å². The van der Waals surface area contributed by atoms with Crippen LogP contribution in [0.1, 0.15) is 30.7 Å². The molecule has 1 aliphatic heterocycles. The number of benzene rings is 1. The molecule has 1 aromatic carbocycles. The summed E-state index contributed by atoms with van der Waals surface area (Å²) in [7, 11) is 0. The van der Waals surface area contributed by atoms with Gasteiger partial charge in [0.25, 0.3) is 0 Å². The summed E-state index contributed by atoms with van der Waals surface area (Å²) in [5.74, 6) is 1.23. The number of nitrogens with one attached hydrogen (secondary N) is 1. The molecule has 2 unspecified atom stereocenters. The van der Waals surface area contributed by atoms with Crippen molar-refractivity contribution in [2.45, 2.75) is 32.2 Å². The van der Waals surface area contributed by atoms with Crippen LogP contribution in [-0.4, -0.2) is 22.7 Å². The molecule has 1 fully saturated rings. The van der Waals surface area contributed by atoms with Crippen LogP contribution in [-0.2, 0) is 0 Å². The van der Waals surface area contributed by atoms with E-state index in [1.807, 2.05) is 0 Å². The normalized spacial score (nSPS) is 22.9. The van der Waals surface area contributed by atoms with E-state index in [9.17, 15) is 4.39 Å². The highest BCUT2D eigenvalue weighted by Gasteiger charge is 2.29. The number of rotatable bonds is 2. The minimum Gasteiger partial charge on any atom is -0.339 e. The average molecular weight is 261 g/mol. The Balaban J connectivity index is 1.90. The summed E-state index contributed by atoms with van der Waals surface area (Å²) in [6.45, 7) is 4.81. The summed E-state index contributed by atoms with van der Waals surface area (Å²) < 4.78 is 18.6. The van der Waals surface area contributed by atoms with Crippen LogP contribution >= 0.6 is 0 Å². The third-order valence-corrected chi connectivity index (χ3v) is 3.70. The van der Waals surface area contributed by atoms with Gasteiger partial charge in [-0.3, -0.25) is 0 Å². The van der Waals surface area contributed by atoms with E-state index >= 15 is 0 Å². The number of halogens is 1. The molecule has 0 radical (unpaired) electrons. The standard InChI is InChI=1S/C14H16FN3O/c1-8-7-10(3-4-12(8)15)13-17-14(19-18-13)11-5-6-16-9(11)2/h3-4,7,9,11,16H,5-6H2,1-2H3. The van der Waals surface area contributed by atoms with Gasteiger partial charge in [-0.2, -0.15) is 4.98 Å². The van der Waals surface area contributed by atoms with Gasteiger partial charge in [0.15, 0.2) is 0 Å². The van der Waals surface area contributed by atoms with E-state index < -0.39 is 0 Å². The highest BCUT2D eigenvalue weighted by atomic mass is 19.1. The molecule has 0 spiro atoms. The molecule has 19 heavy (non-hydrogen) atoms. The predicted molar refractivity (Wildman–Crippen MR) is 69.3 cm³/mol. The lowest BCUT2D eigenvalue weighted by Gasteiger charge is -2.08. The Morgan fingerprint density at radius 1 is 1.42 bits per heavy atom. The first kappa shape index (κ1) is 12.3. The molecule has 0 aliphatic carbocycles. The zero-order valence-corrected chi connectivity index (χ0v) is 11.0. The molecule has 0 bridgehead atoms. The maximum atomic E-state index is 13.2. The highest BCUT2D eigenvalue weighted by molar-refractivity contribution is 5.55. The molecule has 1 aromatic heterocycles. The molecule has 100 valence electrons. The minimum absolute atomic E-state index is 0.221. The third kappa shape index (κ3) is 2.26. The van der Waals surface area contributed by atoms with Gasteiger partial charge in [-0.15, -0.1) is 0 Å². The van der Waals surface area contributed by atoms with Crippen molar-refractivity contribution >= 4 is 0 Å². The fourth-order valence-electron chi connectivity index (χ4n) is 2.48. The molecule has 1 aliphatic rings. The first-order chi connectivity index (χ1) is 9.15. The van der Waals surface area contributed by atoms with Crippen molar-refractivity contribution in [1.29, 1.82) is 0 Å². The first-order valence-corrected chi connectivity index (χ1v) is 6.48. The number of aromatic nitrogens is 2. The van der Waals surface area contributed by atoms with Gasteiger partial charge in [-0.1, -0.05) is 5.16 Å². The summed E-state index contributed by atoms with van der Waals surface area (Å²) >= 11 is 0. The third-order valence-electron chi connectivity index (χ3n) is 3.70. The Labute approximate surface area is 111 Å². The fourth-order valence-corrected chi connectivity index (χ4v) is 2.48. The monoisotopic (exact) mass is 261 g/mol. The van der Waals surface area contributed by atoms with Crippen LogP contribution in [0.25, 0.3) is 11.4 Å². The van der Waals surface area contributed by atoms with Crippen molar-refractivity contribution in [3.05, 3.63) is 35.5 Å². The Hall–Kier alpha value is -1.75. The molecule has 3 rings (SSSR count). The quantitative estimate of drug-likeness (QED) is 0.903. The zero-order valence-electron chi connectivity index (χ0n) is 11.0. The topological polar surface area (TPSA) is 51.0 Å². The fraction of sp³-hybridized carbons (Fsp3) is 0.429. The van der Waals surface area contributed by atoms with E-state index in [0.717, 1.165) is 18.5 Å². The molecule has 2 heterocycles. The number of nitrogens with zero attached hydrogens (tertiary/aromatic N) is 2. The SMILES string of the molecule is Cc1cc(-c2noc(C3CCNC3C)n2)ccc1F. The summed E-state index contributed by atoms with van der Waals surface area (Å²) in [5, 5.41) is 7.36. The Morgan fingerprint density at radius 2 is 2.26 bits per heavy atom. The lowest BCUT2D eigenvalue weighted by atomic mass is 10.0. The lowest BCUT2D eigenvalue weighted by Crippen LogP contribution is -2.21. The van der Waals surface area contributed by atoms with E-state index in [0.29, 0.717) is 23.3 Å². The second-order valence-electron chi connectivity index (χ2n) is 5.06. The maximum absolute atomic E-state index is 13.2. The van der Waals surface area contributed by atoms with E-state index in [-0.39, 0.29) is 11.7 Å². The zero-order chi connectivity index (χ0) is 13.4. The Bertz CT molecular complexity index is 596. The summed E-state index contributed by atoms with van der Waals surface area (Å²) in [6, 6.07) is 5.19. The summed E-state index contributed by atoms with van der Waals surface area (Å²) in [6.07, 6.45) is 1.01. The molecule has 1 saturated heterocycles. The van der Waals surface area contributed by atoms with Crippen LogP contribution in [0.2, 0.25) is 0 Å². The second-order valence-corrected chi connectivity index (χ2v) is 5.06. The number of hydrogen-bond acceptors (Lipinski definition) is 4. The highest BCUT2D eigenvalue weighted by Crippen LogP contribution is 2.28. The van der Waals surface area contributed by atoms with Crippen molar-refractivity contribution in [3.63, 3.8) is 0 Å². The van der Waals surface area contributed by atoms with Crippen LogP contribution in [0.5, 0.6) is 0 Å². The molecule has 2 atom stereocenters. The van der Waals surface area contributed by atoms with Gasteiger partial charge >= 0.3 is 0 Å². The Morgan fingerprint density at radius 3 is 2.95 bits per heavy atom. The second kappa shape index (κ2) is 4.74. The largest absolute Gasteiger partial charge is 0.339 e. The van der Waals surface area contributed by atoms with Crippen molar-refractivity contribution in [3.8, 4) is 11.4 Å². The van der Waals surface area contributed by atoms with E-state index in [1.54, 1.807) is 19.1 Å². The lowest BCUT2D eigenvalue weighted by molar-refractivity contribution is 0.345. The molecule has 4 nitrogen and oxygen atoms in total. The van der Waals surface area contributed by atoms with Crippen molar-refractivity contribution < 1.29 is 8.91 Å². The van der Waals surface area contributed by atoms with E-state index in [1.165, 1.54) is 6.07 Å². The van der Waals surface area contributed by atoms with Crippen LogP contribution in [0, 0.1) is 12.7 Å². The van der Waals surface area contributed by atoms with E-state index in [4.69, 9.17) is 4.52 Å².